The van der Waals surface area contributed by atoms with Crippen LogP contribution in [0.3, 0.4) is 0 Å². The molecule has 2 rings (SSSR count). The average molecular weight is 248 g/mol. The quantitative estimate of drug-likeness (QED) is 0.827. The van der Waals surface area contributed by atoms with Crippen molar-refractivity contribution in [1.29, 1.82) is 0 Å². The predicted molar refractivity (Wildman–Crippen MR) is 69.8 cm³/mol. The molecule has 0 radical (unpaired) electrons. The maximum Gasteiger partial charge on any atom is 0.246 e. The summed E-state index contributed by atoms with van der Waals surface area (Å²) >= 11 is 0. The molecule has 0 aromatic heterocycles. The summed E-state index contributed by atoms with van der Waals surface area (Å²) in [7, 11) is 0. The van der Waals surface area contributed by atoms with E-state index in [1.54, 1.807) is 11.8 Å². The van der Waals surface area contributed by atoms with Crippen molar-refractivity contribution in [3.63, 3.8) is 0 Å². The minimum atomic E-state index is -0.994. The van der Waals surface area contributed by atoms with Crippen molar-refractivity contribution < 1.29 is 9.90 Å². The van der Waals surface area contributed by atoms with E-state index in [0.29, 0.717) is 13.1 Å². The van der Waals surface area contributed by atoms with Gasteiger partial charge in [-0.3, -0.25) is 4.79 Å². The minimum Gasteiger partial charge on any atom is -0.396 e. The molecule has 1 heterocycles. The van der Waals surface area contributed by atoms with Gasteiger partial charge in [0.1, 0.15) is 5.54 Å². The van der Waals surface area contributed by atoms with Crippen LogP contribution in [0.5, 0.6) is 0 Å². The van der Waals surface area contributed by atoms with Gasteiger partial charge >= 0.3 is 0 Å². The summed E-state index contributed by atoms with van der Waals surface area (Å²) in [6.45, 7) is 3.17. The Labute approximate surface area is 107 Å². The van der Waals surface area contributed by atoms with E-state index >= 15 is 0 Å². The Kier molecular flexibility index (Phi) is 3.68. The molecule has 2 atom stereocenters. The van der Waals surface area contributed by atoms with Crippen LogP contribution in [0, 0.1) is 5.92 Å². The van der Waals surface area contributed by atoms with Gasteiger partial charge in [-0.05, 0) is 18.9 Å². The number of aliphatic hydroxyl groups excluding tert-OH is 1. The summed E-state index contributed by atoms with van der Waals surface area (Å²) in [6, 6.07) is 9.42. The lowest BCUT2D eigenvalue weighted by Gasteiger charge is -2.29. The number of nitrogens with zero attached hydrogens (tertiary/aromatic N) is 1. The summed E-state index contributed by atoms with van der Waals surface area (Å²) in [5.74, 6) is 0.130. The highest BCUT2D eigenvalue weighted by atomic mass is 16.3. The van der Waals surface area contributed by atoms with Gasteiger partial charge in [0.2, 0.25) is 5.91 Å². The number of amides is 1. The number of aliphatic hydroxyl groups is 1. The van der Waals surface area contributed by atoms with Crippen molar-refractivity contribution in [2.75, 3.05) is 19.7 Å². The van der Waals surface area contributed by atoms with Crippen molar-refractivity contribution in [1.82, 2.24) is 4.90 Å². The first-order chi connectivity index (χ1) is 8.55. The number of rotatable bonds is 3. The molecule has 0 bridgehead atoms. The number of carbonyl (C=O) groups excluding carboxylic acids is 1. The van der Waals surface area contributed by atoms with E-state index in [1.807, 2.05) is 30.3 Å². The number of benzene rings is 1. The van der Waals surface area contributed by atoms with Gasteiger partial charge in [-0.2, -0.15) is 0 Å². The van der Waals surface area contributed by atoms with Gasteiger partial charge in [-0.1, -0.05) is 30.3 Å². The van der Waals surface area contributed by atoms with E-state index < -0.39 is 5.54 Å². The van der Waals surface area contributed by atoms with Crippen molar-refractivity contribution in [3.8, 4) is 0 Å². The van der Waals surface area contributed by atoms with E-state index in [9.17, 15) is 4.79 Å². The van der Waals surface area contributed by atoms with Crippen LogP contribution in [-0.4, -0.2) is 35.6 Å². The van der Waals surface area contributed by atoms with Crippen LogP contribution in [0.1, 0.15) is 18.9 Å². The maximum atomic E-state index is 12.4. The standard InChI is InChI=1S/C14H20N2O2/c1-14(15,12-5-3-2-4-6-12)13(18)16-8-7-11(9-16)10-17/h2-6,11,17H,7-10,15H2,1H3. The molecule has 0 saturated carbocycles. The molecule has 1 saturated heterocycles. The van der Waals surface area contributed by atoms with Crippen molar-refractivity contribution in [2.24, 2.45) is 11.7 Å². The highest BCUT2D eigenvalue weighted by molar-refractivity contribution is 5.87. The zero-order valence-electron chi connectivity index (χ0n) is 10.7. The Morgan fingerprint density at radius 2 is 2.17 bits per heavy atom. The normalized spacial score (nSPS) is 22.8. The van der Waals surface area contributed by atoms with Gasteiger partial charge in [-0.15, -0.1) is 0 Å². The average Bonchev–Trinajstić information content (AvgIpc) is 2.87. The van der Waals surface area contributed by atoms with E-state index in [4.69, 9.17) is 10.8 Å². The van der Waals surface area contributed by atoms with Gasteiger partial charge in [0.05, 0.1) is 0 Å². The van der Waals surface area contributed by atoms with Crippen molar-refractivity contribution in [3.05, 3.63) is 35.9 Å². The monoisotopic (exact) mass is 248 g/mol. The van der Waals surface area contributed by atoms with Gasteiger partial charge < -0.3 is 15.7 Å². The Morgan fingerprint density at radius 1 is 1.50 bits per heavy atom. The molecule has 1 aliphatic rings. The van der Waals surface area contributed by atoms with E-state index in [1.165, 1.54) is 0 Å². The molecule has 0 aliphatic carbocycles. The second-order valence-electron chi connectivity index (χ2n) is 5.16. The molecule has 1 aliphatic heterocycles. The second-order valence-corrected chi connectivity index (χ2v) is 5.16. The van der Waals surface area contributed by atoms with Crippen LogP contribution in [0.2, 0.25) is 0 Å². The smallest absolute Gasteiger partial charge is 0.246 e. The van der Waals surface area contributed by atoms with Crippen LogP contribution in [0.15, 0.2) is 30.3 Å². The molecule has 1 fully saturated rings. The lowest BCUT2D eigenvalue weighted by atomic mass is 9.92. The maximum absolute atomic E-state index is 12.4. The number of likely N-dealkylation sites (tertiary alicyclic amines) is 1. The fraction of sp³-hybridized carbons (Fsp3) is 0.500. The first kappa shape index (κ1) is 13.1. The Bertz CT molecular complexity index is 417. The lowest BCUT2D eigenvalue weighted by Crippen LogP contribution is -2.50. The van der Waals surface area contributed by atoms with Crippen LogP contribution in [0.25, 0.3) is 0 Å². The molecule has 1 aromatic carbocycles. The predicted octanol–water partition coefficient (Wildman–Crippen LogP) is 0.701. The summed E-state index contributed by atoms with van der Waals surface area (Å²) in [4.78, 5) is 14.2. The fourth-order valence-corrected chi connectivity index (χ4v) is 2.40. The molecule has 1 aromatic rings. The largest absolute Gasteiger partial charge is 0.396 e. The summed E-state index contributed by atoms with van der Waals surface area (Å²) in [6.07, 6.45) is 0.854. The molecule has 1 amide bonds. The van der Waals surface area contributed by atoms with E-state index in [2.05, 4.69) is 0 Å². The molecule has 3 N–H and O–H groups in total. The van der Waals surface area contributed by atoms with Crippen LogP contribution in [-0.2, 0) is 10.3 Å². The number of hydrogen-bond acceptors (Lipinski definition) is 3. The van der Waals surface area contributed by atoms with E-state index in [-0.39, 0.29) is 18.4 Å². The highest BCUT2D eigenvalue weighted by Gasteiger charge is 2.37. The molecule has 4 heteroatoms. The Hall–Kier alpha value is -1.39. The summed E-state index contributed by atoms with van der Waals surface area (Å²) < 4.78 is 0. The second kappa shape index (κ2) is 5.08. The molecule has 18 heavy (non-hydrogen) atoms. The van der Waals surface area contributed by atoms with E-state index in [0.717, 1.165) is 12.0 Å². The van der Waals surface area contributed by atoms with Gasteiger partial charge in [0, 0.05) is 25.6 Å². The van der Waals surface area contributed by atoms with Crippen molar-refractivity contribution >= 4 is 5.91 Å². The first-order valence-electron chi connectivity index (χ1n) is 6.30. The number of nitrogens with two attached hydrogens (primary N) is 1. The summed E-state index contributed by atoms with van der Waals surface area (Å²) in [5.41, 5.74) is 6.02. The topological polar surface area (TPSA) is 66.6 Å². The zero-order valence-corrected chi connectivity index (χ0v) is 10.7. The van der Waals surface area contributed by atoms with Gasteiger partial charge in [0.25, 0.3) is 0 Å². The third-order valence-electron chi connectivity index (χ3n) is 3.65. The first-order valence-corrected chi connectivity index (χ1v) is 6.30. The molecule has 98 valence electrons. The zero-order chi connectivity index (χ0) is 13.2. The molecule has 0 spiro atoms. The Morgan fingerprint density at radius 3 is 2.72 bits per heavy atom. The SMILES string of the molecule is CC(N)(C(=O)N1CCC(CO)C1)c1ccccc1. The molecule has 4 nitrogen and oxygen atoms in total. The third kappa shape index (κ3) is 2.40. The van der Waals surface area contributed by atoms with Crippen LogP contribution < -0.4 is 5.73 Å². The molecular formula is C14H20N2O2. The summed E-state index contributed by atoms with van der Waals surface area (Å²) in [5, 5.41) is 9.12. The van der Waals surface area contributed by atoms with Crippen molar-refractivity contribution in [2.45, 2.75) is 18.9 Å². The highest BCUT2D eigenvalue weighted by Crippen LogP contribution is 2.24. The van der Waals surface area contributed by atoms with Gasteiger partial charge in [-0.25, -0.2) is 0 Å². The Balaban J connectivity index is 2.13. The molecule has 2 unspecified atom stereocenters. The van der Waals surface area contributed by atoms with Crippen LogP contribution >= 0.6 is 0 Å². The van der Waals surface area contributed by atoms with Crippen LogP contribution in [0.4, 0.5) is 0 Å². The lowest BCUT2D eigenvalue weighted by molar-refractivity contribution is -0.135. The minimum absolute atomic E-state index is 0.0651. The third-order valence-corrected chi connectivity index (χ3v) is 3.65. The molecular weight excluding hydrogens is 228 g/mol. The fourth-order valence-electron chi connectivity index (χ4n) is 2.40. The number of hydrogen-bond donors (Lipinski definition) is 2. The number of carbonyl (C=O) groups is 1. The van der Waals surface area contributed by atoms with Gasteiger partial charge in [0.15, 0.2) is 0 Å².